The zero-order valence-electron chi connectivity index (χ0n) is 12.4. The summed E-state index contributed by atoms with van der Waals surface area (Å²) in [5.41, 5.74) is 3.15. The van der Waals surface area contributed by atoms with E-state index in [9.17, 15) is 8.42 Å². The summed E-state index contributed by atoms with van der Waals surface area (Å²) in [5.74, 6) is 0. The Morgan fingerprint density at radius 2 is 1.86 bits per heavy atom. The first-order valence-corrected chi connectivity index (χ1v) is 8.13. The Kier molecular flexibility index (Phi) is 3.37. The number of hydrogen-bond donors (Lipinski definition) is 0. The molecule has 22 heavy (non-hydrogen) atoms. The molecular formula is C15H15N3O3S. The van der Waals surface area contributed by atoms with Gasteiger partial charge in [0.15, 0.2) is 5.52 Å². The fourth-order valence-corrected chi connectivity index (χ4v) is 3.71. The Balaban J connectivity index is 2.17. The minimum atomic E-state index is -3.76. The average molecular weight is 317 g/mol. The highest BCUT2D eigenvalue weighted by molar-refractivity contribution is 7.93. The van der Waals surface area contributed by atoms with E-state index >= 15 is 0 Å². The predicted molar refractivity (Wildman–Crippen MR) is 83.3 cm³/mol. The van der Waals surface area contributed by atoms with Gasteiger partial charge in [-0.3, -0.25) is 4.31 Å². The van der Waals surface area contributed by atoms with Crippen LogP contribution in [-0.4, -0.2) is 25.8 Å². The molecule has 0 saturated heterocycles. The first kappa shape index (κ1) is 14.5. The van der Waals surface area contributed by atoms with Crippen molar-refractivity contribution in [1.82, 2.24) is 10.3 Å². The second-order valence-electron chi connectivity index (χ2n) is 5.15. The number of nitrogens with zero attached hydrogens (tertiary/aromatic N) is 3. The van der Waals surface area contributed by atoms with Crippen molar-refractivity contribution in [3.8, 4) is 0 Å². The Morgan fingerprint density at radius 1 is 1.09 bits per heavy atom. The van der Waals surface area contributed by atoms with Crippen LogP contribution in [-0.2, 0) is 10.0 Å². The lowest BCUT2D eigenvalue weighted by Gasteiger charge is -2.21. The lowest BCUT2D eigenvalue weighted by molar-refractivity contribution is 0.315. The van der Waals surface area contributed by atoms with E-state index < -0.39 is 10.0 Å². The van der Waals surface area contributed by atoms with Crippen LogP contribution < -0.4 is 4.31 Å². The van der Waals surface area contributed by atoms with Crippen molar-refractivity contribution in [2.45, 2.75) is 18.7 Å². The third kappa shape index (κ3) is 2.23. The van der Waals surface area contributed by atoms with Crippen molar-refractivity contribution < 1.29 is 13.0 Å². The van der Waals surface area contributed by atoms with Crippen LogP contribution in [0, 0.1) is 13.8 Å². The number of aryl methyl sites for hydroxylation is 2. The van der Waals surface area contributed by atoms with Crippen LogP contribution in [0.15, 0.2) is 45.9 Å². The number of rotatable bonds is 3. The maximum Gasteiger partial charge on any atom is 0.266 e. The first-order chi connectivity index (χ1) is 10.4. The molecule has 0 fully saturated rings. The second-order valence-corrected chi connectivity index (χ2v) is 7.09. The van der Waals surface area contributed by atoms with Gasteiger partial charge in [-0.2, -0.15) is 0 Å². The summed E-state index contributed by atoms with van der Waals surface area (Å²) in [6.45, 7) is 3.80. The van der Waals surface area contributed by atoms with Gasteiger partial charge in [-0.25, -0.2) is 13.0 Å². The van der Waals surface area contributed by atoms with Crippen LogP contribution in [0.3, 0.4) is 0 Å². The molecule has 7 heteroatoms. The van der Waals surface area contributed by atoms with Crippen molar-refractivity contribution >= 4 is 26.7 Å². The highest BCUT2D eigenvalue weighted by atomic mass is 32.2. The highest BCUT2D eigenvalue weighted by Gasteiger charge is 2.26. The number of anilines is 1. The fraction of sp³-hybridized carbons (Fsp3) is 0.200. The molecule has 0 aliphatic rings. The molecule has 1 aromatic heterocycles. The zero-order valence-corrected chi connectivity index (χ0v) is 13.3. The third-order valence-corrected chi connectivity index (χ3v) is 5.39. The third-order valence-electron chi connectivity index (χ3n) is 3.59. The van der Waals surface area contributed by atoms with E-state index in [-0.39, 0.29) is 10.4 Å². The van der Waals surface area contributed by atoms with Crippen molar-refractivity contribution in [2.24, 2.45) is 0 Å². The molecule has 1 heterocycles. The maximum atomic E-state index is 12.9. The van der Waals surface area contributed by atoms with Crippen molar-refractivity contribution in [3.63, 3.8) is 0 Å². The molecular weight excluding hydrogens is 302 g/mol. The second kappa shape index (κ2) is 5.10. The first-order valence-electron chi connectivity index (χ1n) is 6.69. The van der Waals surface area contributed by atoms with Crippen LogP contribution in [0.4, 0.5) is 5.69 Å². The molecule has 3 aromatic rings. The van der Waals surface area contributed by atoms with E-state index in [1.165, 1.54) is 17.4 Å². The highest BCUT2D eigenvalue weighted by Crippen LogP contribution is 2.29. The van der Waals surface area contributed by atoms with E-state index in [4.69, 9.17) is 0 Å². The molecule has 6 nitrogen and oxygen atoms in total. The predicted octanol–water partition coefficient (Wildman–Crippen LogP) is 2.66. The summed E-state index contributed by atoms with van der Waals surface area (Å²) in [6, 6.07) is 10.5. The summed E-state index contributed by atoms with van der Waals surface area (Å²) in [7, 11) is -2.23. The molecule has 0 bridgehead atoms. The average Bonchev–Trinajstić information content (AvgIpc) is 2.97. The van der Waals surface area contributed by atoms with Gasteiger partial charge in [0.2, 0.25) is 0 Å². The van der Waals surface area contributed by atoms with E-state index in [1.807, 2.05) is 32.0 Å². The lowest BCUT2D eigenvalue weighted by Crippen LogP contribution is -2.27. The Morgan fingerprint density at radius 3 is 2.64 bits per heavy atom. The van der Waals surface area contributed by atoms with Gasteiger partial charge in [-0.15, -0.1) is 0 Å². The van der Waals surface area contributed by atoms with Gasteiger partial charge in [0, 0.05) is 7.05 Å². The summed E-state index contributed by atoms with van der Waals surface area (Å²) >= 11 is 0. The number of fused-ring (bicyclic) bond motifs is 1. The molecule has 0 saturated carbocycles. The van der Waals surface area contributed by atoms with E-state index in [0.29, 0.717) is 11.2 Å². The van der Waals surface area contributed by atoms with Crippen molar-refractivity contribution in [2.75, 3.05) is 11.4 Å². The van der Waals surface area contributed by atoms with E-state index in [1.54, 1.807) is 12.1 Å². The summed E-state index contributed by atoms with van der Waals surface area (Å²) in [5, 5.41) is 7.40. The van der Waals surface area contributed by atoms with Gasteiger partial charge >= 0.3 is 0 Å². The summed E-state index contributed by atoms with van der Waals surface area (Å²) in [4.78, 5) is 0.0784. The van der Waals surface area contributed by atoms with Gasteiger partial charge in [0.25, 0.3) is 10.0 Å². The molecule has 0 atom stereocenters. The zero-order chi connectivity index (χ0) is 15.9. The molecule has 114 valence electrons. The van der Waals surface area contributed by atoms with Crippen LogP contribution in [0.1, 0.15) is 11.1 Å². The monoisotopic (exact) mass is 317 g/mol. The van der Waals surface area contributed by atoms with Gasteiger partial charge < -0.3 is 0 Å². The molecule has 0 amide bonds. The van der Waals surface area contributed by atoms with Gasteiger partial charge in [0.05, 0.1) is 5.69 Å². The SMILES string of the molecule is Cc1ccc(C)c(N(C)S(=O)(=O)c2cccc3nonc23)c1. The number of sulfonamides is 1. The largest absolute Gasteiger partial charge is 0.269 e. The smallest absolute Gasteiger partial charge is 0.266 e. The van der Waals surface area contributed by atoms with Crippen LogP contribution in [0.25, 0.3) is 11.0 Å². The quantitative estimate of drug-likeness (QED) is 0.742. The minimum Gasteiger partial charge on any atom is -0.269 e. The van der Waals surface area contributed by atoms with E-state index in [0.717, 1.165) is 11.1 Å². The maximum absolute atomic E-state index is 12.9. The molecule has 0 aliphatic heterocycles. The minimum absolute atomic E-state index is 0.0784. The standard InChI is InChI=1S/C15H15N3O3S/c1-10-7-8-11(2)13(9-10)18(3)22(19,20)14-6-4-5-12-15(14)17-21-16-12/h4-9H,1-3H3. The summed E-state index contributed by atoms with van der Waals surface area (Å²) < 4.78 is 31.8. The fourth-order valence-electron chi connectivity index (χ4n) is 2.33. The van der Waals surface area contributed by atoms with Crippen molar-refractivity contribution in [1.29, 1.82) is 0 Å². The van der Waals surface area contributed by atoms with Crippen LogP contribution in [0.5, 0.6) is 0 Å². The van der Waals surface area contributed by atoms with Gasteiger partial charge in [-0.05, 0) is 53.5 Å². The normalized spacial score (nSPS) is 11.8. The van der Waals surface area contributed by atoms with Crippen LogP contribution >= 0.6 is 0 Å². The lowest BCUT2D eigenvalue weighted by atomic mass is 10.1. The van der Waals surface area contributed by atoms with Crippen molar-refractivity contribution in [3.05, 3.63) is 47.5 Å². The molecule has 0 radical (unpaired) electrons. The number of aromatic nitrogens is 2. The Bertz CT molecular complexity index is 948. The van der Waals surface area contributed by atoms with Crippen LogP contribution in [0.2, 0.25) is 0 Å². The topological polar surface area (TPSA) is 76.3 Å². The van der Waals surface area contributed by atoms with E-state index in [2.05, 4.69) is 14.9 Å². The van der Waals surface area contributed by atoms with Gasteiger partial charge in [0.1, 0.15) is 10.4 Å². The number of benzene rings is 2. The molecule has 0 aliphatic carbocycles. The number of hydrogen-bond acceptors (Lipinski definition) is 5. The molecule has 3 rings (SSSR count). The molecule has 0 spiro atoms. The Labute approximate surface area is 128 Å². The molecule has 2 aromatic carbocycles. The van der Waals surface area contributed by atoms with Gasteiger partial charge in [-0.1, -0.05) is 18.2 Å². The Hall–Kier alpha value is -2.41. The molecule has 0 N–H and O–H groups in total. The molecule has 0 unspecified atom stereocenters. The summed E-state index contributed by atoms with van der Waals surface area (Å²) in [6.07, 6.45) is 0.